The highest BCUT2D eigenvalue weighted by molar-refractivity contribution is 7.67. The fourth-order valence-electron chi connectivity index (χ4n) is 1.08. The van der Waals surface area contributed by atoms with Crippen LogP contribution >= 0.6 is 15.2 Å². The summed E-state index contributed by atoms with van der Waals surface area (Å²) >= 11 is 0. The second kappa shape index (κ2) is 5.40. The summed E-state index contributed by atoms with van der Waals surface area (Å²) in [4.78, 5) is 42.6. The number of rotatable bonds is 5. The van der Waals surface area contributed by atoms with Crippen molar-refractivity contribution in [3.63, 3.8) is 0 Å². The Labute approximate surface area is 102 Å². The Morgan fingerprint density at radius 3 is 1.67 bits per heavy atom. The number of methoxy groups -OCH3 is 1. The summed E-state index contributed by atoms with van der Waals surface area (Å²) in [5, 5.41) is 0. The zero-order chi connectivity index (χ0) is 14.0. The highest BCUT2D eigenvalue weighted by atomic mass is 31.2. The van der Waals surface area contributed by atoms with Crippen molar-refractivity contribution in [1.29, 1.82) is 0 Å². The van der Waals surface area contributed by atoms with E-state index in [0.29, 0.717) is 5.75 Å². The van der Waals surface area contributed by atoms with Gasteiger partial charge >= 0.3 is 0 Å². The molecule has 102 valence electrons. The maximum absolute atomic E-state index is 10.7. The smallest absolute Gasteiger partial charge is 0.150 e. The molecule has 0 saturated carbocycles. The lowest BCUT2D eigenvalue weighted by Gasteiger charge is -2.48. The lowest BCUT2D eigenvalue weighted by molar-refractivity contribution is -0.336. The van der Waals surface area contributed by atoms with Gasteiger partial charge in [0.15, 0.2) is 0 Å². The van der Waals surface area contributed by atoms with Crippen LogP contribution in [0.2, 0.25) is 0 Å². The molecule has 0 N–H and O–H groups in total. The van der Waals surface area contributed by atoms with Gasteiger partial charge in [0.25, 0.3) is 0 Å². The minimum absolute atomic E-state index is 0.250. The first-order chi connectivity index (χ1) is 8.14. The molecule has 0 atom stereocenters. The largest absolute Gasteiger partial charge is 0.808 e. The van der Waals surface area contributed by atoms with E-state index in [4.69, 9.17) is 4.74 Å². The molecule has 1 aromatic rings. The molecule has 1 aromatic carbocycles. The molecule has 0 amide bonds. The normalized spacial score (nSPS) is 12.6. The standard InChI is InChI=1S/C8H12O8P2/c1-15-6-2-4-7(5-3-6)16-8(17(9,10)11)18(12,13)14/h2-5,8H,1H3,(H2,9,10,11)(H2,12,13,14)/p-4. The zero-order valence-corrected chi connectivity index (χ0v) is 10.8. The van der Waals surface area contributed by atoms with Crippen molar-refractivity contribution in [2.24, 2.45) is 0 Å². The van der Waals surface area contributed by atoms with Crippen molar-refractivity contribution in [2.75, 3.05) is 7.11 Å². The molecule has 0 aliphatic rings. The average molecular weight is 294 g/mol. The van der Waals surface area contributed by atoms with Gasteiger partial charge in [0.05, 0.1) is 7.11 Å². The predicted molar refractivity (Wildman–Crippen MR) is 52.6 cm³/mol. The van der Waals surface area contributed by atoms with E-state index in [1.165, 1.54) is 19.2 Å². The van der Waals surface area contributed by atoms with E-state index in [2.05, 4.69) is 4.74 Å². The Hall–Kier alpha value is -0.880. The van der Waals surface area contributed by atoms with E-state index in [-0.39, 0.29) is 5.75 Å². The third-order valence-corrected chi connectivity index (χ3v) is 4.83. The fourth-order valence-corrected chi connectivity index (χ4v) is 2.97. The summed E-state index contributed by atoms with van der Waals surface area (Å²) in [5.74, 6) is 0.151. The molecule has 10 heteroatoms. The van der Waals surface area contributed by atoms with Crippen molar-refractivity contribution in [2.45, 2.75) is 5.59 Å². The summed E-state index contributed by atoms with van der Waals surface area (Å²) in [7, 11) is -10.1. The second-order valence-corrected chi connectivity index (χ2v) is 6.70. The summed E-state index contributed by atoms with van der Waals surface area (Å²) in [6.07, 6.45) is 0. The van der Waals surface area contributed by atoms with Crippen LogP contribution < -0.4 is 29.0 Å². The topological polar surface area (TPSA) is 145 Å². The van der Waals surface area contributed by atoms with Crippen molar-refractivity contribution < 1.29 is 38.2 Å². The van der Waals surface area contributed by atoms with Gasteiger partial charge in [-0.1, -0.05) is 0 Å². The first-order valence-electron chi connectivity index (χ1n) is 4.49. The third kappa shape index (κ3) is 4.10. The number of benzene rings is 1. The Bertz CT molecular complexity index is 464. The lowest BCUT2D eigenvalue weighted by atomic mass is 10.3. The van der Waals surface area contributed by atoms with Gasteiger partial charge in [-0.25, -0.2) is 0 Å². The van der Waals surface area contributed by atoms with Crippen LogP contribution in [0.3, 0.4) is 0 Å². The average Bonchev–Trinajstić information content (AvgIpc) is 2.23. The van der Waals surface area contributed by atoms with Crippen molar-refractivity contribution >= 4 is 15.2 Å². The first-order valence-corrected chi connectivity index (χ1v) is 7.71. The Kier molecular flexibility index (Phi) is 4.55. The van der Waals surface area contributed by atoms with Gasteiger partial charge in [0.2, 0.25) is 0 Å². The Morgan fingerprint density at radius 1 is 0.944 bits per heavy atom. The van der Waals surface area contributed by atoms with Crippen molar-refractivity contribution in [3.8, 4) is 11.5 Å². The minimum Gasteiger partial charge on any atom is -0.808 e. The molecule has 1 rings (SSSR count). The van der Waals surface area contributed by atoms with E-state index in [0.717, 1.165) is 12.1 Å². The van der Waals surface area contributed by atoms with Gasteiger partial charge in [0.1, 0.15) is 17.1 Å². The van der Waals surface area contributed by atoms with Crippen molar-refractivity contribution in [3.05, 3.63) is 24.3 Å². The molecule has 0 radical (unpaired) electrons. The number of ether oxygens (including phenoxy) is 2. The Morgan fingerprint density at radius 2 is 1.33 bits per heavy atom. The van der Waals surface area contributed by atoms with E-state index in [1.807, 2.05) is 0 Å². The first kappa shape index (κ1) is 15.2. The van der Waals surface area contributed by atoms with Gasteiger partial charge in [-0.05, 0) is 39.5 Å². The van der Waals surface area contributed by atoms with Crippen LogP contribution in [0.25, 0.3) is 0 Å². The molecule has 0 heterocycles. The molecule has 0 aliphatic heterocycles. The number of hydrogen-bond acceptors (Lipinski definition) is 8. The van der Waals surface area contributed by atoms with Gasteiger partial charge < -0.3 is 38.2 Å². The monoisotopic (exact) mass is 294 g/mol. The lowest BCUT2D eigenvalue weighted by Crippen LogP contribution is -2.37. The molecular formula is C8H8O8P2-4. The van der Waals surface area contributed by atoms with Gasteiger partial charge in [-0.2, -0.15) is 0 Å². The summed E-state index contributed by atoms with van der Waals surface area (Å²) in [6.45, 7) is 0. The van der Waals surface area contributed by atoms with E-state index in [1.54, 1.807) is 0 Å². The molecule has 18 heavy (non-hydrogen) atoms. The summed E-state index contributed by atoms with van der Waals surface area (Å²) in [5.41, 5.74) is -2.96. The molecule has 0 fully saturated rings. The fraction of sp³-hybridized carbons (Fsp3) is 0.250. The SMILES string of the molecule is COc1ccc(OC(P(=O)([O-])[O-])P(=O)([O-])[O-])cc1. The van der Waals surface area contributed by atoms with Crippen LogP contribution in [-0.4, -0.2) is 12.7 Å². The quantitative estimate of drug-likeness (QED) is 0.577. The summed E-state index contributed by atoms with van der Waals surface area (Å²) < 4.78 is 30.5. The highest BCUT2D eigenvalue weighted by Crippen LogP contribution is 2.50. The van der Waals surface area contributed by atoms with Gasteiger partial charge in [-0.3, -0.25) is 0 Å². The summed E-state index contributed by atoms with van der Waals surface area (Å²) in [6, 6.07) is 5.01. The second-order valence-electron chi connectivity index (χ2n) is 3.20. The van der Waals surface area contributed by atoms with Gasteiger partial charge in [0, 0.05) is 0 Å². The van der Waals surface area contributed by atoms with E-state index < -0.39 is 20.8 Å². The molecule has 0 aromatic heterocycles. The molecule has 0 bridgehead atoms. The molecule has 0 aliphatic carbocycles. The zero-order valence-electron chi connectivity index (χ0n) is 9.05. The van der Waals surface area contributed by atoms with Gasteiger partial charge in [-0.15, -0.1) is 0 Å². The van der Waals surface area contributed by atoms with E-state index in [9.17, 15) is 28.7 Å². The molecule has 0 saturated heterocycles. The highest BCUT2D eigenvalue weighted by Gasteiger charge is 2.19. The van der Waals surface area contributed by atoms with Crippen LogP contribution in [0, 0.1) is 0 Å². The van der Waals surface area contributed by atoms with Crippen LogP contribution in [-0.2, 0) is 9.13 Å². The van der Waals surface area contributed by atoms with Crippen LogP contribution in [0.4, 0.5) is 0 Å². The molecule has 0 spiro atoms. The minimum atomic E-state index is -5.72. The van der Waals surface area contributed by atoms with Crippen molar-refractivity contribution in [1.82, 2.24) is 0 Å². The maximum Gasteiger partial charge on any atom is 0.150 e. The van der Waals surface area contributed by atoms with Crippen LogP contribution in [0.1, 0.15) is 0 Å². The van der Waals surface area contributed by atoms with E-state index >= 15 is 0 Å². The maximum atomic E-state index is 10.7. The molecular weight excluding hydrogens is 286 g/mol. The predicted octanol–water partition coefficient (Wildman–Crippen LogP) is -1.81. The van der Waals surface area contributed by atoms with Crippen LogP contribution in [0.15, 0.2) is 24.3 Å². The Balaban J connectivity index is 2.97. The number of hydrogen-bond donors (Lipinski definition) is 0. The van der Waals surface area contributed by atoms with Crippen LogP contribution in [0.5, 0.6) is 11.5 Å². The molecule has 8 nitrogen and oxygen atoms in total. The molecule has 0 unspecified atom stereocenters. The third-order valence-electron chi connectivity index (χ3n) is 1.84.